The zero-order valence-electron chi connectivity index (χ0n) is 6.71. The number of carbonyl (C=O) groups is 1. The molecule has 0 spiro atoms. The van der Waals surface area contributed by atoms with Gasteiger partial charge in [0.15, 0.2) is 5.75 Å². The number of halogens is 2. The zero-order chi connectivity index (χ0) is 9.84. The fraction of sp³-hybridized carbons (Fsp3) is 0.125. The van der Waals surface area contributed by atoms with Crippen molar-refractivity contribution in [2.45, 2.75) is 6.92 Å². The monoisotopic (exact) mass is 260 g/mol. The average Bonchev–Trinajstić information content (AvgIpc) is 2.02. The van der Waals surface area contributed by atoms with Gasteiger partial charge < -0.3 is 0 Å². The SMILES string of the molecule is CC(=O)OOc1ccc(Cl)cc1Cl.[KH]. The van der Waals surface area contributed by atoms with E-state index in [4.69, 9.17) is 23.2 Å². The van der Waals surface area contributed by atoms with E-state index < -0.39 is 5.97 Å². The van der Waals surface area contributed by atoms with Gasteiger partial charge in [0.25, 0.3) is 0 Å². The molecule has 72 valence electrons. The van der Waals surface area contributed by atoms with Gasteiger partial charge >= 0.3 is 57.4 Å². The number of hydrogen-bond acceptors (Lipinski definition) is 3. The molecule has 1 rings (SSSR count). The van der Waals surface area contributed by atoms with Gasteiger partial charge in [0.05, 0.1) is 5.02 Å². The molecule has 0 saturated heterocycles. The van der Waals surface area contributed by atoms with Crippen LogP contribution in [0.5, 0.6) is 5.75 Å². The van der Waals surface area contributed by atoms with Gasteiger partial charge in [0.1, 0.15) is 0 Å². The first-order chi connectivity index (χ1) is 6.09. The maximum absolute atomic E-state index is 10.4. The second-order valence-electron chi connectivity index (χ2n) is 2.23. The first kappa shape index (κ1) is 14.7. The first-order valence-electron chi connectivity index (χ1n) is 3.40. The summed E-state index contributed by atoms with van der Waals surface area (Å²) in [6.07, 6.45) is 0. The molecule has 0 atom stereocenters. The molecule has 0 radical (unpaired) electrons. The van der Waals surface area contributed by atoms with Gasteiger partial charge in [-0.25, -0.2) is 4.79 Å². The van der Waals surface area contributed by atoms with E-state index in [1.807, 2.05) is 0 Å². The summed E-state index contributed by atoms with van der Waals surface area (Å²) in [4.78, 5) is 19.3. The average molecular weight is 261 g/mol. The van der Waals surface area contributed by atoms with Crippen molar-refractivity contribution in [2.75, 3.05) is 0 Å². The van der Waals surface area contributed by atoms with Crippen LogP contribution < -0.4 is 4.89 Å². The van der Waals surface area contributed by atoms with Crippen molar-refractivity contribution in [3.63, 3.8) is 0 Å². The summed E-state index contributed by atoms with van der Waals surface area (Å²) in [7, 11) is 0. The molecule has 0 bridgehead atoms. The predicted octanol–water partition coefficient (Wildman–Crippen LogP) is 2.20. The number of hydrogen-bond donors (Lipinski definition) is 0. The summed E-state index contributed by atoms with van der Waals surface area (Å²) in [5.41, 5.74) is 0. The fourth-order valence-electron chi connectivity index (χ4n) is 0.646. The molecule has 1 aromatic carbocycles. The minimum absolute atomic E-state index is 0. The van der Waals surface area contributed by atoms with E-state index in [0.717, 1.165) is 0 Å². The first-order valence-corrected chi connectivity index (χ1v) is 4.15. The standard InChI is InChI=1S/C8H6Cl2O3.K.H/c1-5(11)12-13-8-3-2-6(9)4-7(8)10;;/h2-4H,1H3;;. The van der Waals surface area contributed by atoms with Gasteiger partial charge in [0, 0.05) is 11.9 Å². The second-order valence-corrected chi connectivity index (χ2v) is 3.08. The van der Waals surface area contributed by atoms with E-state index in [9.17, 15) is 4.79 Å². The van der Waals surface area contributed by atoms with E-state index in [1.54, 1.807) is 6.07 Å². The van der Waals surface area contributed by atoms with Crippen LogP contribution in [0.1, 0.15) is 6.92 Å². The van der Waals surface area contributed by atoms with Crippen LogP contribution >= 0.6 is 23.2 Å². The van der Waals surface area contributed by atoms with Crippen LogP contribution in [0.4, 0.5) is 0 Å². The molecule has 0 amide bonds. The number of carbonyl (C=O) groups excluding carboxylic acids is 1. The zero-order valence-corrected chi connectivity index (χ0v) is 8.22. The Morgan fingerprint density at radius 2 is 2.00 bits per heavy atom. The van der Waals surface area contributed by atoms with Gasteiger partial charge in [-0.1, -0.05) is 23.2 Å². The van der Waals surface area contributed by atoms with E-state index in [1.165, 1.54) is 19.1 Å². The molecule has 0 saturated carbocycles. The molecular formula is C8H7Cl2KO3. The minimum atomic E-state index is -0.550. The molecule has 1 aromatic rings. The van der Waals surface area contributed by atoms with Crippen molar-refractivity contribution in [3.8, 4) is 5.75 Å². The maximum atomic E-state index is 10.4. The van der Waals surface area contributed by atoms with E-state index >= 15 is 0 Å². The molecule has 0 heterocycles. The Morgan fingerprint density at radius 3 is 2.50 bits per heavy atom. The second kappa shape index (κ2) is 7.06. The predicted molar refractivity (Wildman–Crippen MR) is 56.0 cm³/mol. The van der Waals surface area contributed by atoms with Crippen molar-refractivity contribution in [3.05, 3.63) is 28.2 Å². The summed E-state index contributed by atoms with van der Waals surface area (Å²) in [6, 6.07) is 4.57. The summed E-state index contributed by atoms with van der Waals surface area (Å²) in [5.74, 6) is -0.299. The molecule has 3 nitrogen and oxygen atoms in total. The van der Waals surface area contributed by atoms with Crippen LogP contribution in [0.25, 0.3) is 0 Å². The Morgan fingerprint density at radius 1 is 1.36 bits per heavy atom. The summed E-state index contributed by atoms with van der Waals surface area (Å²) in [5, 5.41) is 0.772. The van der Waals surface area contributed by atoms with Gasteiger partial charge in [-0.2, -0.15) is 0 Å². The topological polar surface area (TPSA) is 35.5 Å². The van der Waals surface area contributed by atoms with Crippen LogP contribution in [0.15, 0.2) is 18.2 Å². The third-order valence-corrected chi connectivity index (χ3v) is 1.67. The Bertz CT molecular complexity index is 330. The molecule has 0 aliphatic heterocycles. The van der Waals surface area contributed by atoms with E-state index in [2.05, 4.69) is 9.78 Å². The van der Waals surface area contributed by atoms with Gasteiger partial charge in [-0.3, -0.25) is 9.78 Å². The summed E-state index contributed by atoms with van der Waals surface area (Å²) < 4.78 is 0. The molecule has 0 fully saturated rings. The normalized spacial score (nSPS) is 8.79. The molecule has 6 heteroatoms. The third-order valence-electron chi connectivity index (χ3n) is 1.14. The van der Waals surface area contributed by atoms with Crippen molar-refractivity contribution < 1.29 is 14.6 Å². The van der Waals surface area contributed by atoms with Crippen molar-refractivity contribution in [1.82, 2.24) is 0 Å². The van der Waals surface area contributed by atoms with Gasteiger partial charge in [-0.15, -0.1) is 0 Å². The van der Waals surface area contributed by atoms with E-state index in [0.29, 0.717) is 5.02 Å². The Hall–Kier alpha value is 0.706. The van der Waals surface area contributed by atoms with Crippen LogP contribution in [0.2, 0.25) is 10.0 Å². The van der Waals surface area contributed by atoms with Crippen LogP contribution in [0.3, 0.4) is 0 Å². The summed E-state index contributed by atoms with van der Waals surface area (Å²) in [6.45, 7) is 1.23. The summed E-state index contributed by atoms with van der Waals surface area (Å²) >= 11 is 11.3. The van der Waals surface area contributed by atoms with Crippen LogP contribution in [0, 0.1) is 0 Å². The van der Waals surface area contributed by atoms with Gasteiger partial charge in [-0.05, 0) is 18.2 Å². The molecular weight excluding hydrogens is 254 g/mol. The number of benzene rings is 1. The van der Waals surface area contributed by atoms with Crippen molar-refractivity contribution in [1.29, 1.82) is 0 Å². The van der Waals surface area contributed by atoms with Crippen molar-refractivity contribution in [2.24, 2.45) is 0 Å². The molecule has 0 N–H and O–H groups in total. The van der Waals surface area contributed by atoms with Crippen LogP contribution in [-0.4, -0.2) is 57.4 Å². The molecule has 0 aromatic heterocycles. The Kier molecular flexibility index (Phi) is 7.41. The Labute approximate surface area is 134 Å². The van der Waals surface area contributed by atoms with E-state index in [-0.39, 0.29) is 62.2 Å². The fourth-order valence-corrected chi connectivity index (χ4v) is 1.09. The molecule has 0 unspecified atom stereocenters. The molecule has 0 aliphatic rings. The third kappa shape index (κ3) is 4.98. The Balaban J connectivity index is 0.00000169. The molecule has 0 aliphatic carbocycles. The molecule has 14 heavy (non-hydrogen) atoms. The quantitative estimate of drug-likeness (QED) is 0.465. The van der Waals surface area contributed by atoms with Crippen LogP contribution in [-0.2, 0) is 9.68 Å². The number of rotatable bonds is 2. The van der Waals surface area contributed by atoms with Gasteiger partial charge in [0.2, 0.25) is 0 Å². The van der Waals surface area contributed by atoms with Crippen molar-refractivity contribution >= 4 is 80.6 Å².